The van der Waals surface area contributed by atoms with Crippen LogP contribution in [0, 0.1) is 10.1 Å². The maximum atomic E-state index is 12.2. The van der Waals surface area contributed by atoms with E-state index in [4.69, 9.17) is 16.3 Å². The molecule has 0 bridgehead atoms. The summed E-state index contributed by atoms with van der Waals surface area (Å²) in [5.74, 6) is 0.469. The van der Waals surface area contributed by atoms with E-state index in [0.717, 1.165) is 11.3 Å². The van der Waals surface area contributed by atoms with E-state index in [9.17, 15) is 14.9 Å². The molecule has 1 N–H and O–H groups in total. The summed E-state index contributed by atoms with van der Waals surface area (Å²) in [5, 5.41) is 14.1. The fourth-order valence-electron chi connectivity index (χ4n) is 2.61. The molecule has 1 aliphatic rings. The summed E-state index contributed by atoms with van der Waals surface area (Å²) in [6.07, 6.45) is 3.67. The minimum Gasteiger partial charge on any atom is -0.493 e. The van der Waals surface area contributed by atoms with Crippen LogP contribution in [0.5, 0.6) is 5.75 Å². The predicted molar refractivity (Wildman–Crippen MR) is 94.6 cm³/mol. The molecule has 2 aromatic carbocycles. The molecule has 1 aliphatic heterocycles. The van der Waals surface area contributed by atoms with E-state index in [1.807, 2.05) is 0 Å². The van der Waals surface area contributed by atoms with Crippen molar-refractivity contribution < 1.29 is 14.5 Å². The van der Waals surface area contributed by atoms with Crippen LogP contribution in [-0.4, -0.2) is 17.4 Å². The molecule has 25 heavy (non-hydrogen) atoms. The van der Waals surface area contributed by atoms with Crippen LogP contribution >= 0.6 is 11.6 Å². The normalized spacial score (nSPS) is 16.1. The van der Waals surface area contributed by atoms with Crippen molar-refractivity contribution in [3.8, 4) is 5.75 Å². The first-order valence-corrected chi connectivity index (χ1v) is 8.06. The summed E-state index contributed by atoms with van der Waals surface area (Å²) in [6, 6.07) is 11.1. The number of benzene rings is 2. The van der Waals surface area contributed by atoms with Crippen molar-refractivity contribution >= 4 is 29.3 Å². The molecule has 2 aromatic rings. The van der Waals surface area contributed by atoms with Gasteiger partial charge in [0.25, 0.3) is 5.69 Å². The number of rotatable bonds is 4. The monoisotopic (exact) mass is 358 g/mol. The Bertz CT molecular complexity index is 833. The lowest BCUT2D eigenvalue weighted by molar-refractivity contribution is -0.384. The van der Waals surface area contributed by atoms with Crippen molar-refractivity contribution in [3.63, 3.8) is 0 Å². The summed E-state index contributed by atoms with van der Waals surface area (Å²) >= 11 is 6.02. The third kappa shape index (κ3) is 4.16. The van der Waals surface area contributed by atoms with E-state index < -0.39 is 4.92 Å². The van der Waals surface area contributed by atoms with Crippen molar-refractivity contribution in [2.45, 2.75) is 12.5 Å². The summed E-state index contributed by atoms with van der Waals surface area (Å²) in [4.78, 5) is 22.3. The van der Waals surface area contributed by atoms with Gasteiger partial charge >= 0.3 is 0 Å². The molecule has 0 aliphatic carbocycles. The summed E-state index contributed by atoms with van der Waals surface area (Å²) < 4.78 is 5.57. The van der Waals surface area contributed by atoms with Gasteiger partial charge in [0.15, 0.2) is 0 Å². The average Bonchev–Trinajstić information content (AvgIpc) is 2.61. The SMILES string of the molecule is O=C(/C=C/c1ccc([N+](=O)[O-])cc1)NC1CCOc2ccc(Cl)cc21. The quantitative estimate of drug-likeness (QED) is 0.510. The maximum absolute atomic E-state index is 12.2. The molecule has 1 atom stereocenters. The second kappa shape index (κ2) is 7.36. The van der Waals surface area contributed by atoms with Gasteiger partial charge in [0.1, 0.15) is 5.75 Å². The lowest BCUT2D eigenvalue weighted by Crippen LogP contribution is -2.30. The Labute approximate surface area is 149 Å². The first-order valence-electron chi connectivity index (χ1n) is 7.68. The molecule has 1 amide bonds. The molecule has 3 rings (SSSR count). The highest BCUT2D eigenvalue weighted by Gasteiger charge is 2.22. The molecular formula is C18H15ClN2O4. The number of carbonyl (C=O) groups excluding carboxylic acids is 1. The zero-order chi connectivity index (χ0) is 17.8. The van der Waals surface area contributed by atoms with Gasteiger partial charge in [-0.25, -0.2) is 0 Å². The molecule has 1 unspecified atom stereocenters. The number of carbonyl (C=O) groups is 1. The average molecular weight is 359 g/mol. The van der Waals surface area contributed by atoms with Crippen molar-refractivity contribution in [3.05, 3.63) is 74.8 Å². The summed E-state index contributed by atoms with van der Waals surface area (Å²) in [6.45, 7) is 0.519. The molecule has 1 heterocycles. The number of non-ortho nitro benzene ring substituents is 1. The van der Waals surface area contributed by atoms with Crippen molar-refractivity contribution in [1.82, 2.24) is 5.32 Å². The van der Waals surface area contributed by atoms with E-state index in [1.165, 1.54) is 18.2 Å². The zero-order valence-electron chi connectivity index (χ0n) is 13.1. The number of ether oxygens (including phenoxy) is 1. The Morgan fingerprint density at radius 3 is 2.76 bits per heavy atom. The second-order valence-electron chi connectivity index (χ2n) is 5.56. The van der Waals surface area contributed by atoms with Gasteiger partial charge in [-0.1, -0.05) is 11.6 Å². The fraction of sp³-hybridized carbons (Fsp3) is 0.167. The Morgan fingerprint density at radius 1 is 1.28 bits per heavy atom. The van der Waals surface area contributed by atoms with Gasteiger partial charge in [0, 0.05) is 35.2 Å². The number of nitrogens with zero attached hydrogens (tertiary/aromatic N) is 1. The van der Waals surface area contributed by atoms with Crippen LogP contribution < -0.4 is 10.1 Å². The Balaban J connectivity index is 1.67. The number of amides is 1. The molecule has 0 saturated heterocycles. The first-order chi connectivity index (χ1) is 12.0. The first kappa shape index (κ1) is 17.0. The lowest BCUT2D eigenvalue weighted by Gasteiger charge is -2.26. The van der Waals surface area contributed by atoms with Crippen LogP contribution in [0.2, 0.25) is 5.02 Å². The highest BCUT2D eigenvalue weighted by molar-refractivity contribution is 6.30. The topological polar surface area (TPSA) is 81.5 Å². The second-order valence-corrected chi connectivity index (χ2v) is 6.00. The van der Waals surface area contributed by atoms with Crippen LogP contribution in [-0.2, 0) is 4.79 Å². The largest absolute Gasteiger partial charge is 0.493 e. The number of nitro groups is 1. The number of fused-ring (bicyclic) bond motifs is 1. The van der Waals surface area contributed by atoms with Gasteiger partial charge in [-0.15, -0.1) is 0 Å². The molecular weight excluding hydrogens is 344 g/mol. The standard InChI is InChI=1S/C18H15ClN2O4/c19-13-4-7-17-15(11-13)16(9-10-25-17)20-18(22)8-3-12-1-5-14(6-2-12)21(23)24/h1-8,11,16H,9-10H2,(H,20,22)/b8-3+. The van der Waals surface area contributed by atoms with Gasteiger partial charge in [0.2, 0.25) is 5.91 Å². The molecule has 0 saturated carbocycles. The minimum absolute atomic E-state index is 0.0114. The van der Waals surface area contributed by atoms with Crippen molar-refractivity contribution in [2.24, 2.45) is 0 Å². The molecule has 7 heteroatoms. The minimum atomic E-state index is -0.464. The van der Waals surface area contributed by atoms with E-state index in [0.29, 0.717) is 23.6 Å². The molecule has 0 aromatic heterocycles. The highest BCUT2D eigenvalue weighted by atomic mass is 35.5. The fourth-order valence-corrected chi connectivity index (χ4v) is 2.79. The van der Waals surface area contributed by atoms with E-state index in [1.54, 1.807) is 36.4 Å². The predicted octanol–water partition coefficient (Wildman–Crippen LogP) is 3.90. The molecule has 0 spiro atoms. The highest BCUT2D eigenvalue weighted by Crippen LogP contribution is 2.33. The van der Waals surface area contributed by atoms with Crippen LogP contribution in [0.1, 0.15) is 23.6 Å². The number of hydrogen-bond acceptors (Lipinski definition) is 4. The van der Waals surface area contributed by atoms with Crippen molar-refractivity contribution in [1.29, 1.82) is 0 Å². The number of nitrogens with one attached hydrogen (secondary N) is 1. The Hall–Kier alpha value is -2.86. The van der Waals surface area contributed by atoms with Crippen LogP contribution in [0.15, 0.2) is 48.5 Å². The molecule has 0 radical (unpaired) electrons. The van der Waals surface area contributed by atoms with Gasteiger partial charge in [-0.2, -0.15) is 0 Å². The molecule has 6 nitrogen and oxygen atoms in total. The van der Waals surface area contributed by atoms with Gasteiger partial charge in [-0.3, -0.25) is 14.9 Å². The molecule has 0 fully saturated rings. The van der Waals surface area contributed by atoms with Crippen LogP contribution in [0.25, 0.3) is 6.08 Å². The van der Waals surface area contributed by atoms with E-state index in [-0.39, 0.29) is 17.6 Å². The van der Waals surface area contributed by atoms with Crippen LogP contribution in [0.3, 0.4) is 0 Å². The number of nitro benzene ring substituents is 1. The van der Waals surface area contributed by atoms with Gasteiger partial charge < -0.3 is 10.1 Å². The van der Waals surface area contributed by atoms with Crippen molar-refractivity contribution in [2.75, 3.05) is 6.61 Å². The van der Waals surface area contributed by atoms with Crippen LogP contribution in [0.4, 0.5) is 5.69 Å². The van der Waals surface area contributed by atoms with Gasteiger partial charge in [-0.05, 0) is 42.0 Å². The lowest BCUT2D eigenvalue weighted by atomic mass is 10.0. The molecule has 128 valence electrons. The van der Waals surface area contributed by atoms with E-state index in [2.05, 4.69) is 5.32 Å². The third-order valence-corrected chi connectivity index (χ3v) is 4.09. The summed E-state index contributed by atoms with van der Waals surface area (Å²) in [7, 11) is 0. The number of halogens is 1. The Morgan fingerprint density at radius 2 is 2.04 bits per heavy atom. The zero-order valence-corrected chi connectivity index (χ0v) is 13.9. The third-order valence-electron chi connectivity index (χ3n) is 3.86. The maximum Gasteiger partial charge on any atom is 0.269 e. The Kier molecular flexibility index (Phi) is 5.00. The van der Waals surface area contributed by atoms with Gasteiger partial charge in [0.05, 0.1) is 17.6 Å². The van der Waals surface area contributed by atoms with E-state index >= 15 is 0 Å². The summed E-state index contributed by atoms with van der Waals surface area (Å²) in [5.41, 5.74) is 1.57. The number of hydrogen-bond donors (Lipinski definition) is 1. The smallest absolute Gasteiger partial charge is 0.269 e.